The molecule has 4 rings (SSSR count). The summed E-state index contributed by atoms with van der Waals surface area (Å²) in [6.45, 7) is 1.69. The SMILES string of the molecule is O=C(CCCc1nc2ccccc2s1)N1CCc2n[nH]c(=O)n2CC1. The average Bonchev–Trinajstić information content (AvgIpc) is 3.10. The summed E-state index contributed by atoms with van der Waals surface area (Å²) >= 11 is 1.70. The van der Waals surface area contributed by atoms with Gasteiger partial charge >= 0.3 is 5.69 Å². The largest absolute Gasteiger partial charge is 0.343 e. The van der Waals surface area contributed by atoms with Gasteiger partial charge in [-0.2, -0.15) is 5.10 Å². The quantitative estimate of drug-likeness (QED) is 0.768. The van der Waals surface area contributed by atoms with Crippen LogP contribution in [0.25, 0.3) is 10.2 Å². The molecule has 130 valence electrons. The third kappa shape index (κ3) is 3.34. The zero-order chi connectivity index (χ0) is 17.2. The lowest BCUT2D eigenvalue weighted by atomic mass is 10.2. The Balaban J connectivity index is 1.31. The number of fused-ring (bicyclic) bond motifs is 2. The molecule has 1 aromatic carbocycles. The summed E-state index contributed by atoms with van der Waals surface area (Å²) in [6, 6.07) is 8.10. The van der Waals surface area contributed by atoms with Crippen LogP contribution in [-0.2, 0) is 24.2 Å². The molecule has 0 fully saturated rings. The maximum atomic E-state index is 12.5. The molecule has 0 bridgehead atoms. The van der Waals surface area contributed by atoms with Crippen molar-refractivity contribution in [3.8, 4) is 0 Å². The number of carbonyl (C=O) groups excluding carboxylic acids is 1. The Kier molecular flexibility index (Phi) is 4.35. The molecular formula is C17H19N5O2S. The molecular weight excluding hydrogens is 338 g/mol. The number of rotatable bonds is 4. The van der Waals surface area contributed by atoms with Crippen LogP contribution < -0.4 is 5.69 Å². The molecule has 1 aliphatic rings. The predicted octanol–water partition coefficient (Wildman–Crippen LogP) is 1.59. The van der Waals surface area contributed by atoms with Crippen LogP contribution >= 0.6 is 11.3 Å². The number of hydrogen-bond acceptors (Lipinski definition) is 5. The number of carbonyl (C=O) groups is 1. The number of aryl methyl sites for hydroxylation is 1. The van der Waals surface area contributed by atoms with Gasteiger partial charge in [-0.25, -0.2) is 14.9 Å². The highest BCUT2D eigenvalue weighted by atomic mass is 32.1. The van der Waals surface area contributed by atoms with Gasteiger partial charge in [0.2, 0.25) is 5.91 Å². The van der Waals surface area contributed by atoms with E-state index in [1.165, 1.54) is 4.70 Å². The number of H-pyrrole nitrogens is 1. The van der Waals surface area contributed by atoms with E-state index < -0.39 is 0 Å². The lowest BCUT2D eigenvalue weighted by Gasteiger charge is -2.19. The number of nitrogens with one attached hydrogen (secondary N) is 1. The van der Waals surface area contributed by atoms with E-state index >= 15 is 0 Å². The van der Waals surface area contributed by atoms with E-state index in [-0.39, 0.29) is 11.6 Å². The first-order valence-corrected chi connectivity index (χ1v) is 9.28. The van der Waals surface area contributed by atoms with E-state index in [0.29, 0.717) is 32.5 Å². The smallest absolute Gasteiger partial charge is 0.340 e. The number of thiazole rings is 1. The molecule has 8 heteroatoms. The second kappa shape index (κ2) is 6.79. The standard InChI is InChI=1S/C17H19N5O2S/c23-16(21-9-8-14-19-20-17(24)22(14)11-10-21)7-3-6-15-18-12-4-1-2-5-13(12)25-15/h1-2,4-5H,3,6-11H2,(H,20,24). The Morgan fingerprint density at radius 2 is 2.12 bits per heavy atom. The molecule has 1 amide bonds. The number of para-hydroxylation sites is 1. The normalized spacial score (nSPS) is 14.5. The number of nitrogens with zero attached hydrogens (tertiary/aromatic N) is 4. The third-order valence-electron chi connectivity index (χ3n) is 4.51. The van der Waals surface area contributed by atoms with Crippen LogP contribution in [0, 0.1) is 0 Å². The molecule has 0 radical (unpaired) electrons. The van der Waals surface area contributed by atoms with E-state index in [4.69, 9.17) is 0 Å². The molecule has 3 heterocycles. The first-order chi connectivity index (χ1) is 12.2. The number of benzene rings is 1. The number of aromatic amines is 1. The highest BCUT2D eigenvalue weighted by molar-refractivity contribution is 7.18. The summed E-state index contributed by atoms with van der Waals surface area (Å²) in [4.78, 5) is 30.5. The summed E-state index contributed by atoms with van der Waals surface area (Å²) in [7, 11) is 0. The second-order valence-electron chi connectivity index (χ2n) is 6.16. The molecule has 0 saturated heterocycles. The summed E-state index contributed by atoms with van der Waals surface area (Å²) in [5.41, 5.74) is 0.834. The monoisotopic (exact) mass is 357 g/mol. The van der Waals surface area contributed by atoms with Crippen molar-refractivity contribution < 1.29 is 4.79 Å². The fraction of sp³-hybridized carbons (Fsp3) is 0.412. The van der Waals surface area contributed by atoms with Gasteiger partial charge in [-0.05, 0) is 25.0 Å². The van der Waals surface area contributed by atoms with Gasteiger partial charge in [-0.1, -0.05) is 12.1 Å². The first kappa shape index (κ1) is 16.0. The summed E-state index contributed by atoms with van der Waals surface area (Å²) in [6.07, 6.45) is 2.73. The third-order valence-corrected chi connectivity index (χ3v) is 5.60. The Bertz CT molecular complexity index is 924. The van der Waals surface area contributed by atoms with E-state index in [9.17, 15) is 9.59 Å². The average molecular weight is 357 g/mol. The van der Waals surface area contributed by atoms with Gasteiger partial charge < -0.3 is 4.90 Å². The van der Waals surface area contributed by atoms with Gasteiger partial charge in [0.25, 0.3) is 0 Å². The summed E-state index contributed by atoms with van der Waals surface area (Å²) in [5, 5.41) is 7.56. The van der Waals surface area contributed by atoms with E-state index in [0.717, 1.165) is 29.2 Å². The van der Waals surface area contributed by atoms with Crippen molar-refractivity contribution in [2.24, 2.45) is 0 Å². The minimum atomic E-state index is -0.194. The van der Waals surface area contributed by atoms with Crippen LogP contribution in [-0.4, -0.2) is 43.6 Å². The van der Waals surface area contributed by atoms with E-state index in [1.54, 1.807) is 15.9 Å². The number of hydrogen-bond donors (Lipinski definition) is 1. The highest BCUT2D eigenvalue weighted by Crippen LogP contribution is 2.22. The Labute approximate surface area is 148 Å². The number of amides is 1. The van der Waals surface area contributed by atoms with Gasteiger partial charge in [0.15, 0.2) is 0 Å². The van der Waals surface area contributed by atoms with Gasteiger partial charge in [-0.3, -0.25) is 9.36 Å². The maximum absolute atomic E-state index is 12.5. The number of aromatic nitrogens is 4. The Morgan fingerprint density at radius 1 is 1.24 bits per heavy atom. The van der Waals surface area contributed by atoms with Crippen molar-refractivity contribution in [1.29, 1.82) is 0 Å². The van der Waals surface area contributed by atoms with Gasteiger partial charge in [0, 0.05) is 32.5 Å². The second-order valence-corrected chi connectivity index (χ2v) is 7.27. The molecule has 0 aliphatic carbocycles. The fourth-order valence-corrected chi connectivity index (χ4v) is 4.17. The van der Waals surface area contributed by atoms with Crippen molar-refractivity contribution >= 4 is 27.5 Å². The first-order valence-electron chi connectivity index (χ1n) is 8.47. The minimum absolute atomic E-state index is 0.142. The van der Waals surface area contributed by atoms with Crippen LogP contribution in [0.15, 0.2) is 29.1 Å². The van der Waals surface area contributed by atoms with E-state index in [2.05, 4.69) is 21.2 Å². The van der Waals surface area contributed by atoms with Crippen molar-refractivity contribution in [3.63, 3.8) is 0 Å². The summed E-state index contributed by atoms with van der Waals surface area (Å²) in [5.74, 6) is 0.873. The van der Waals surface area contributed by atoms with Crippen molar-refractivity contribution in [3.05, 3.63) is 45.6 Å². The molecule has 0 saturated carbocycles. The molecule has 0 unspecified atom stereocenters. The molecule has 0 atom stereocenters. The maximum Gasteiger partial charge on any atom is 0.343 e. The van der Waals surface area contributed by atoms with Crippen molar-refractivity contribution in [2.75, 3.05) is 13.1 Å². The molecule has 25 heavy (non-hydrogen) atoms. The molecule has 3 aromatic rings. The van der Waals surface area contributed by atoms with Crippen LogP contribution in [0.1, 0.15) is 23.7 Å². The topological polar surface area (TPSA) is 83.9 Å². The van der Waals surface area contributed by atoms with Crippen LogP contribution in [0.2, 0.25) is 0 Å². The van der Waals surface area contributed by atoms with Gasteiger partial charge in [0.05, 0.1) is 15.2 Å². The Morgan fingerprint density at radius 3 is 3.00 bits per heavy atom. The Hall–Kier alpha value is -2.48. The van der Waals surface area contributed by atoms with E-state index in [1.807, 2.05) is 23.1 Å². The van der Waals surface area contributed by atoms with Crippen LogP contribution in [0.3, 0.4) is 0 Å². The predicted molar refractivity (Wildman–Crippen MR) is 95.7 cm³/mol. The molecule has 1 aliphatic heterocycles. The van der Waals surface area contributed by atoms with Crippen LogP contribution in [0.5, 0.6) is 0 Å². The molecule has 0 spiro atoms. The fourth-order valence-electron chi connectivity index (χ4n) is 3.16. The minimum Gasteiger partial charge on any atom is -0.340 e. The zero-order valence-electron chi connectivity index (χ0n) is 13.8. The van der Waals surface area contributed by atoms with Gasteiger partial charge in [-0.15, -0.1) is 11.3 Å². The van der Waals surface area contributed by atoms with Crippen molar-refractivity contribution in [1.82, 2.24) is 24.6 Å². The van der Waals surface area contributed by atoms with Gasteiger partial charge in [0.1, 0.15) is 5.82 Å². The lowest BCUT2D eigenvalue weighted by molar-refractivity contribution is -0.131. The molecule has 2 aromatic heterocycles. The molecule has 1 N–H and O–H groups in total. The summed E-state index contributed by atoms with van der Waals surface area (Å²) < 4.78 is 2.81. The zero-order valence-corrected chi connectivity index (χ0v) is 14.6. The van der Waals surface area contributed by atoms with Crippen molar-refractivity contribution in [2.45, 2.75) is 32.2 Å². The van der Waals surface area contributed by atoms with Crippen LogP contribution in [0.4, 0.5) is 0 Å². The molecule has 7 nitrogen and oxygen atoms in total. The lowest BCUT2D eigenvalue weighted by Crippen LogP contribution is -2.34. The highest BCUT2D eigenvalue weighted by Gasteiger charge is 2.20.